The molecule has 3 rings (SSSR count). The van der Waals surface area contributed by atoms with Crippen molar-refractivity contribution in [3.8, 4) is 11.5 Å². The van der Waals surface area contributed by atoms with Crippen LogP contribution in [0.15, 0.2) is 59.2 Å². The van der Waals surface area contributed by atoms with Crippen molar-refractivity contribution in [2.45, 2.75) is 6.42 Å². The summed E-state index contributed by atoms with van der Waals surface area (Å²) >= 11 is 3.35. The fourth-order valence-corrected chi connectivity index (χ4v) is 3.14. The van der Waals surface area contributed by atoms with Crippen LogP contribution in [0.1, 0.15) is 17.5 Å². The van der Waals surface area contributed by atoms with Crippen LogP contribution in [0.4, 0.5) is 0 Å². The lowest BCUT2D eigenvalue weighted by Gasteiger charge is -2.06. The Kier molecular flexibility index (Phi) is 6.11. The summed E-state index contributed by atoms with van der Waals surface area (Å²) < 4.78 is 5.68. The number of fused-ring (bicyclic) bond motifs is 1. The van der Waals surface area contributed by atoms with Crippen LogP contribution in [0.25, 0.3) is 23.1 Å². The van der Waals surface area contributed by atoms with Crippen LogP contribution < -0.4 is 4.74 Å². The van der Waals surface area contributed by atoms with Crippen LogP contribution in [0.2, 0.25) is 0 Å². The highest BCUT2D eigenvalue weighted by Crippen LogP contribution is 2.33. The molecule has 0 saturated carbocycles. The molecule has 1 heterocycles. The predicted molar refractivity (Wildman–Crippen MR) is 113 cm³/mol. The van der Waals surface area contributed by atoms with Crippen LogP contribution in [-0.2, 0) is 9.59 Å². The van der Waals surface area contributed by atoms with Gasteiger partial charge in [0.05, 0.1) is 13.5 Å². The molecule has 0 saturated heterocycles. The van der Waals surface area contributed by atoms with Crippen molar-refractivity contribution in [3.63, 3.8) is 0 Å². The van der Waals surface area contributed by atoms with E-state index in [1.807, 2.05) is 30.5 Å². The summed E-state index contributed by atoms with van der Waals surface area (Å²) in [4.78, 5) is 27.2. The first kappa shape index (κ1) is 19.6. The van der Waals surface area contributed by atoms with Gasteiger partial charge in [0.25, 0.3) is 0 Å². The number of aromatic amines is 1. The van der Waals surface area contributed by atoms with Gasteiger partial charge in [-0.3, -0.25) is 9.59 Å². The maximum Gasteiger partial charge on any atom is 0.163 e. The molecule has 2 N–H and O–H groups in total. The summed E-state index contributed by atoms with van der Waals surface area (Å²) in [5.74, 6) is -0.307. The minimum atomic E-state index is -0.323. The largest absolute Gasteiger partial charge is 0.504 e. The maximum absolute atomic E-state index is 12.0. The summed E-state index contributed by atoms with van der Waals surface area (Å²) in [7, 11) is 1.45. The number of phenols is 1. The van der Waals surface area contributed by atoms with Gasteiger partial charge in [0.2, 0.25) is 0 Å². The Balaban J connectivity index is 1.61. The average molecular weight is 440 g/mol. The summed E-state index contributed by atoms with van der Waals surface area (Å²) in [6, 6.07) is 10.9. The van der Waals surface area contributed by atoms with Gasteiger partial charge in [-0.15, -0.1) is 0 Å². The standard InChI is InChI=1S/C22H18BrNO4/c1-28-22-13-19(23)16(11-21(22)27)5-7-18(26)12-17(25)6-3-14-2-4-15-8-9-24-20(15)10-14/h2-11,13,24,27H,12H2,1H3. The van der Waals surface area contributed by atoms with Gasteiger partial charge in [-0.25, -0.2) is 0 Å². The number of phenolic OH excluding ortho intramolecular Hbond substituents is 1. The van der Waals surface area contributed by atoms with Crippen molar-refractivity contribution in [2.24, 2.45) is 0 Å². The van der Waals surface area contributed by atoms with Gasteiger partial charge in [-0.05, 0) is 52.9 Å². The Labute approximate surface area is 170 Å². The average Bonchev–Trinajstić information content (AvgIpc) is 3.14. The number of rotatable bonds is 7. The van der Waals surface area contributed by atoms with Gasteiger partial charge >= 0.3 is 0 Å². The van der Waals surface area contributed by atoms with Gasteiger partial charge < -0.3 is 14.8 Å². The van der Waals surface area contributed by atoms with Crippen LogP contribution in [0.5, 0.6) is 11.5 Å². The Morgan fingerprint density at radius 3 is 2.61 bits per heavy atom. The number of benzene rings is 2. The van der Waals surface area contributed by atoms with E-state index < -0.39 is 0 Å². The van der Waals surface area contributed by atoms with Crippen LogP contribution in [-0.4, -0.2) is 28.8 Å². The quantitative estimate of drug-likeness (QED) is 0.405. The molecule has 0 aliphatic rings. The number of carbonyl (C=O) groups is 2. The number of hydrogen-bond donors (Lipinski definition) is 2. The lowest BCUT2D eigenvalue weighted by molar-refractivity contribution is -0.121. The minimum absolute atomic E-state index is 0.0316. The van der Waals surface area contributed by atoms with Gasteiger partial charge in [0.1, 0.15) is 0 Å². The third-order valence-corrected chi connectivity index (χ3v) is 4.82. The number of nitrogens with one attached hydrogen (secondary N) is 1. The number of hydrogen-bond acceptors (Lipinski definition) is 4. The number of allylic oxidation sites excluding steroid dienone is 2. The molecule has 2 aromatic carbocycles. The maximum atomic E-state index is 12.0. The van der Waals surface area contributed by atoms with Gasteiger partial charge in [0, 0.05) is 16.2 Å². The first-order chi connectivity index (χ1) is 13.5. The second-order valence-electron chi connectivity index (χ2n) is 6.15. The Hall–Kier alpha value is -3.12. The molecule has 1 aromatic heterocycles. The second kappa shape index (κ2) is 8.71. The number of halogens is 1. The summed E-state index contributed by atoms with van der Waals surface area (Å²) in [6.45, 7) is 0. The van der Waals surface area contributed by atoms with Gasteiger partial charge in [-0.1, -0.05) is 40.2 Å². The minimum Gasteiger partial charge on any atom is -0.504 e. The van der Waals surface area contributed by atoms with Crippen molar-refractivity contribution in [2.75, 3.05) is 7.11 Å². The van der Waals surface area contributed by atoms with Gasteiger partial charge in [0.15, 0.2) is 23.1 Å². The zero-order valence-electron chi connectivity index (χ0n) is 15.1. The monoisotopic (exact) mass is 439 g/mol. The van der Waals surface area contributed by atoms with Crippen molar-refractivity contribution in [1.29, 1.82) is 0 Å². The molecule has 28 heavy (non-hydrogen) atoms. The number of carbonyl (C=O) groups excluding carboxylic acids is 2. The van der Waals surface area contributed by atoms with E-state index in [0.717, 1.165) is 16.5 Å². The Bertz CT molecular complexity index is 1100. The SMILES string of the molecule is COc1cc(Br)c(C=CC(=O)CC(=O)C=Cc2ccc3cc[nH]c3c2)cc1O. The lowest BCUT2D eigenvalue weighted by atomic mass is 10.1. The molecule has 3 aromatic rings. The predicted octanol–water partition coefficient (Wildman–Crippen LogP) is 4.90. The lowest BCUT2D eigenvalue weighted by Crippen LogP contribution is -2.01. The molecule has 0 unspecified atom stereocenters. The number of H-pyrrole nitrogens is 1. The summed E-state index contributed by atoms with van der Waals surface area (Å²) in [5.41, 5.74) is 2.47. The van der Waals surface area contributed by atoms with E-state index in [9.17, 15) is 14.7 Å². The van der Waals surface area contributed by atoms with Crippen LogP contribution in [0, 0.1) is 0 Å². The Morgan fingerprint density at radius 2 is 1.86 bits per heavy atom. The first-order valence-corrected chi connectivity index (χ1v) is 9.31. The number of aromatic hydroxyl groups is 1. The van der Waals surface area contributed by atoms with E-state index in [1.54, 1.807) is 18.2 Å². The van der Waals surface area contributed by atoms with Crippen molar-refractivity contribution in [1.82, 2.24) is 4.98 Å². The van der Waals surface area contributed by atoms with E-state index in [2.05, 4.69) is 20.9 Å². The normalized spacial score (nSPS) is 11.5. The number of ketones is 2. The molecule has 0 atom stereocenters. The van der Waals surface area contributed by atoms with Crippen molar-refractivity contribution in [3.05, 3.63) is 70.3 Å². The van der Waals surface area contributed by atoms with Crippen molar-refractivity contribution >= 4 is 50.6 Å². The van der Waals surface area contributed by atoms with E-state index >= 15 is 0 Å². The second-order valence-corrected chi connectivity index (χ2v) is 7.00. The number of aromatic nitrogens is 1. The highest BCUT2D eigenvalue weighted by atomic mass is 79.9. The zero-order valence-corrected chi connectivity index (χ0v) is 16.7. The van der Waals surface area contributed by atoms with Gasteiger partial charge in [-0.2, -0.15) is 0 Å². The van der Waals surface area contributed by atoms with Crippen molar-refractivity contribution < 1.29 is 19.4 Å². The smallest absolute Gasteiger partial charge is 0.163 e. The topological polar surface area (TPSA) is 79.4 Å². The molecule has 142 valence electrons. The van der Waals surface area contributed by atoms with Crippen LogP contribution in [0.3, 0.4) is 0 Å². The molecule has 0 aliphatic carbocycles. The van der Waals surface area contributed by atoms with E-state index in [1.165, 1.54) is 25.3 Å². The molecule has 5 nitrogen and oxygen atoms in total. The van der Waals surface area contributed by atoms with E-state index in [-0.39, 0.29) is 23.7 Å². The highest BCUT2D eigenvalue weighted by Gasteiger charge is 2.08. The first-order valence-electron chi connectivity index (χ1n) is 8.52. The molecule has 6 heteroatoms. The third kappa shape index (κ3) is 4.78. The summed E-state index contributed by atoms with van der Waals surface area (Å²) in [6.07, 6.45) is 7.60. The fraction of sp³-hybridized carbons (Fsp3) is 0.0909. The molecule has 0 radical (unpaired) electrons. The molecule has 0 aliphatic heterocycles. The molecule has 0 fully saturated rings. The Morgan fingerprint density at radius 1 is 1.11 bits per heavy atom. The highest BCUT2D eigenvalue weighted by molar-refractivity contribution is 9.10. The number of methoxy groups -OCH3 is 1. The third-order valence-electron chi connectivity index (χ3n) is 4.14. The number of ether oxygens (including phenoxy) is 1. The molecule has 0 spiro atoms. The molecular formula is C22H18BrNO4. The molecular weight excluding hydrogens is 422 g/mol. The zero-order chi connectivity index (χ0) is 20.1. The van der Waals surface area contributed by atoms with E-state index in [0.29, 0.717) is 15.8 Å². The summed E-state index contributed by atoms with van der Waals surface area (Å²) in [5, 5.41) is 10.9. The molecule has 0 bridgehead atoms. The molecule has 0 amide bonds. The van der Waals surface area contributed by atoms with E-state index in [4.69, 9.17) is 4.74 Å². The fourth-order valence-electron chi connectivity index (χ4n) is 2.68. The van der Waals surface area contributed by atoms with Crippen LogP contribution >= 0.6 is 15.9 Å².